The van der Waals surface area contributed by atoms with Gasteiger partial charge in [-0.1, -0.05) is 12.5 Å². The van der Waals surface area contributed by atoms with Gasteiger partial charge in [0.25, 0.3) is 0 Å². The molecule has 0 heterocycles. The molecule has 3 heteroatoms. The van der Waals surface area contributed by atoms with E-state index in [-0.39, 0.29) is 0 Å². The van der Waals surface area contributed by atoms with Crippen molar-refractivity contribution in [2.45, 2.75) is 25.7 Å². The van der Waals surface area contributed by atoms with Crippen LogP contribution in [0.25, 0.3) is 0 Å². The van der Waals surface area contributed by atoms with Crippen molar-refractivity contribution in [3.05, 3.63) is 18.9 Å². The fraction of sp³-hybridized carbons (Fsp3) is 0.667. The minimum absolute atomic E-state index is 0.376. The molecule has 0 aromatic carbocycles. The van der Waals surface area contributed by atoms with E-state index in [4.69, 9.17) is 14.9 Å². The summed E-state index contributed by atoms with van der Waals surface area (Å²) in [6, 6.07) is 0. The highest BCUT2D eigenvalue weighted by molar-refractivity contribution is 4.63. The summed E-state index contributed by atoms with van der Waals surface area (Å²) in [7, 11) is 0. The lowest BCUT2D eigenvalue weighted by molar-refractivity contribution is 0.0695. The molecular formula is C9H17O3. The summed E-state index contributed by atoms with van der Waals surface area (Å²) >= 11 is 0. The van der Waals surface area contributed by atoms with E-state index < -0.39 is 6.29 Å². The van der Waals surface area contributed by atoms with Gasteiger partial charge in [0.15, 0.2) is 0 Å². The van der Waals surface area contributed by atoms with Crippen LogP contribution in [-0.4, -0.2) is 23.4 Å². The topological polar surface area (TPSA) is 49.7 Å². The lowest BCUT2D eigenvalue weighted by Crippen LogP contribution is -1.96. The van der Waals surface area contributed by atoms with Crippen LogP contribution in [-0.2, 0) is 4.74 Å². The third-order valence-corrected chi connectivity index (χ3v) is 1.42. The Morgan fingerprint density at radius 3 is 2.58 bits per heavy atom. The van der Waals surface area contributed by atoms with Gasteiger partial charge in [0.1, 0.15) is 0 Å². The Hall–Kier alpha value is -0.380. The van der Waals surface area contributed by atoms with Gasteiger partial charge in [-0.15, -0.1) is 6.58 Å². The summed E-state index contributed by atoms with van der Waals surface area (Å²) in [5.74, 6) is 0. The minimum atomic E-state index is -0.470. The fourth-order valence-electron chi connectivity index (χ4n) is 0.831. The summed E-state index contributed by atoms with van der Waals surface area (Å²) in [4.78, 5) is 0. The van der Waals surface area contributed by atoms with E-state index in [0.29, 0.717) is 13.0 Å². The molecule has 0 atom stereocenters. The van der Waals surface area contributed by atoms with Crippen molar-refractivity contribution >= 4 is 0 Å². The number of aliphatic hydroxyl groups is 2. The van der Waals surface area contributed by atoms with Gasteiger partial charge < -0.3 is 14.9 Å². The van der Waals surface area contributed by atoms with E-state index in [2.05, 4.69) is 6.58 Å². The molecule has 0 saturated carbocycles. The van der Waals surface area contributed by atoms with Crippen LogP contribution >= 0.6 is 0 Å². The Bertz CT molecular complexity index is 102. The van der Waals surface area contributed by atoms with E-state index in [9.17, 15) is 0 Å². The molecule has 71 valence electrons. The van der Waals surface area contributed by atoms with E-state index in [0.717, 1.165) is 25.9 Å². The van der Waals surface area contributed by atoms with Crippen LogP contribution in [0.2, 0.25) is 0 Å². The van der Waals surface area contributed by atoms with E-state index in [1.807, 2.05) is 0 Å². The van der Waals surface area contributed by atoms with Crippen molar-refractivity contribution in [1.29, 1.82) is 0 Å². The van der Waals surface area contributed by atoms with Crippen LogP contribution < -0.4 is 0 Å². The number of unbranched alkanes of at least 4 members (excludes halogenated alkanes) is 2. The smallest absolute Gasteiger partial charge is 0.218 e. The first-order valence-corrected chi connectivity index (χ1v) is 4.19. The molecule has 12 heavy (non-hydrogen) atoms. The number of hydrogen-bond acceptors (Lipinski definition) is 3. The Kier molecular flexibility index (Phi) is 8.44. The Morgan fingerprint density at radius 2 is 2.00 bits per heavy atom. The van der Waals surface area contributed by atoms with Crippen molar-refractivity contribution in [2.24, 2.45) is 0 Å². The average molecular weight is 173 g/mol. The Morgan fingerprint density at radius 1 is 1.25 bits per heavy atom. The summed E-state index contributed by atoms with van der Waals surface area (Å²) < 4.78 is 5.14. The number of ether oxygens (including phenoxy) is 1. The van der Waals surface area contributed by atoms with Crippen molar-refractivity contribution in [3.63, 3.8) is 0 Å². The second-order valence-corrected chi connectivity index (χ2v) is 2.59. The molecule has 0 unspecified atom stereocenters. The molecule has 0 amide bonds. The highest BCUT2D eigenvalue weighted by Gasteiger charge is 1.97. The molecule has 0 aliphatic carbocycles. The monoisotopic (exact) mass is 173 g/mol. The van der Waals surface area contributed by atoms with Crippen LogP contribution in [0, 0.1) is 6.29 Å². The molecule has 0 saturated heterocycles. The molecule has 3 nitrogen and oxygen atoms in total. The molecule has 0 fully saturated rings. The third kappa shape index (κ3) is 9.62. The Balaban J connectivity index is 2.86. The normalized spacial score (nSPS) is 10.6. The quantitative estimate of drug-likeness (QED) is 0.436. The van der Waals surface area contributed by atoms with Gasteiger partial charge in [0.05, 0.1) is 6.61 Å². The van der Waals surface area contributed by atoms with Crippen LogP contribution in [0.3, 0.4) is 0 Å². The molecule has 2 N–H and O–H groups in total. The standard InChI is InChI=1S/C9H17O3/c1-2-7-12-8-5-3-4-6-9(10)11/h2,10-11H,1,3-8H2. The summed E-state index contributed by atoms with van der Waals surface area (Å²) in [6.07, 6.45) is 4.35. The molecule has 0 aromatic rings. The zero-order valence-electron chi connectivity index (χ0n) is 7.33. The molecule has 0 bridgehead atoms. The number of aliphatic hydroxyl groups excluding tert-OH is 1. The van der Waals surface area contributed by atoms with Crippen LogP contribution in [0.5, 0.6) is 0 Å². The molecule has 0 aliphatic rings. The van der Waals surface area contributed by atoms with Crippen molar-refractivity contribution in [1.82, 2.24) is 0 Å². The first-order chi connectivity index (χ1) is 5.77. The predicted molar refractivity (Wildman–Crippen MR) is 46.6 cm³/mol. The highest BCUT2D eigenvalue weighted by atomic mass is 16.5. The molecular weight excluding hydrogens is 156 g/mol. The first-order valence-electron chi connectivity index (χ1n) is 4.19. The SMILES string of the molecule is C=CCOCCCCC[C](O)O. The fourth-order valence-corrected chi connectivity index (χ4v) is 0.831. The molecule has 0 rings (SSSR count). The second kappa shape index (κ2) is 8.71. The predicted octanol–water partition coefficient (Wildman–Crippen LogP) is 1.98. The van der Waals surface area contributed by atoms with Gasteiger partial charge >= 0.3 is 0 Å². The average Bonchev–Trinajstić information content (AvgIpc) is 2.02. The van der Waals surface area contributed by atoms with Crippen LogP contribution in [0.15, 0.2) is 12.7 Å². The van der Waals surface area contributed by atoms with Gasteiger partial charge in [-0.2, -0.15) is 0 Å². The maximum atomic E-state index is 8.42. The molecule has 1 radical (unpaired) electrons. The van der Waals surface area contributed by atoms with Gasteiger partial charge in [-0.3, -0.25) is 0 Å². The lowest BCUT2D eigenvalue weighted by Gasteiger charge is -2.02. The highest BCUT2D eigenvalue weighted by Crippen LogP contribution is 2.05. The van der Waals surface area contributed by atoms with Crippen LogP contribution in [0.4, 0.5) is 0 Å². The number of rotatable bonds is 8. The van der Waals surface area contributed by atoms with Gasteiger partial charge in [0, 0.05) is 13.0 Å². The number of hydrogen-bond donors (Lipinski definition) is 2. The van der Waals surface area contributed by atoms with E-state index in [1.165, 1.54) is 0 Å². The molecule has 0 spiro atoms. The zero-order chi connectivity index (χ0) is 9.23. The zero-order valence-corrected chi connectivity index (χ0v) is 7.33. The summed E-state index contributed by atoms with van der Waals surface area (Å²) in [5, 5.41) is 16.8. The summed E-state index contributed by atoms with van der Waals surface area (Å²) in [6.45, 7) is 4.84. The van der Waals surface area contributed by atoms with Crippen molar-refractivity contribution < 1.29 is 14.9 Å². The van der Waals surface area contributed by atoms with E-state index in [1.54, 1.807) is 6.08 Å². The maximum Gasteiger partial charge on any atom is 0.218 e. The van der Waals surface area contributed by atoms with Gasteiger partial charge in [-0.05, 0) is 12.8 Å². The largest absolute Gasteiger partial charge is 0.377 e. The summed E-state index contributed by atoms with van der Waals surface area (Å²) in [5.41, 5.74) is 0. The second-order valence-electron chi connectivity index (χ2n) is 2.59. The van der Waals surface area contributed by atoms with Gasteiger partial charge in [0.2, 0.25) is 6.29 Å². The van der Waals surface area contributed by atoms with Crippen LogP contribution in [0.1, 0.15) is 25.7 Å². The molecule has 0 aromatic heterocycles. The van der Waals surface area contributed by atoms with Gasteiger partial charge in [-0.25, -0.2) is 0 Å². The van der Waals surface area contributed by atoms with Crippen molar-refractivity contribution in [2.75, 3.05) is 13.2 Å². The minimum Gasteiger partial charge on any atom is -0.377 e. The first kappa shape index (κ1) is 11.6. The Labute approximate surface area is 73.7 Å². The van der Waals surface area contributed by atoms with E-state index >= 15 is 0 Å². The maximum absolute atomic E-state index is 8.42. The van der Waals surface area contributed by atoms with Crippen molar-refractivity contribution in [3.8, 4) is 0 Å². The lowest BCUT2D eigenvalue weighted by atomic mass is 10.2. The third-order valence-electron chi connectivity index (χ3n) is 1.42. The molecule has 0 aliphatic heterocycles.